The maximum atomic E-state index is 13.9. The number of carbonyl (C=O) groups excluding carboxylic acids is 1. The number of piperidine rings is 1. The van der Waals surface area contributed by atoms with Gasteiger partial charge in [-0.05, 0) is 80.0 Å². The van der Waals surface area contributed by atoms with Gasteiger partial charge in [-0.3, -0.25) is 9.69 Å². The van der Waals surface area contributed by atoms with Crippen molar-refractivity contribution in [2.45, 2.75) is 64.6 Å². The molecule has 2 aliphatic heterocycles. The van der Waals surface area contributed by atoms with Crippen molar-refractivity contribution in [2.75, 3.05) is 32.9 Å². The van der Waals surface area contributed by atoms with Gasteiger partial charge >= 0.3 is 0 Å². The summed E-state index contributed by atoms with van der Waals surface area (Å²) in [5.41, 5.74) is 5.62. The molecule has 5 heteroatoms. The lowest BCUT2D eigenvalue weighted by Gasteiger charge is -2.36. The number of likely N-dealkylation sites (tertiary alicyclic amines) is 1. The maximum Gasteiger partial charge on any atom is 0.254 e. The van der Waals surface area contributed by atoms with E-state index in [1.165, 1.54) is 23.1 Å². The number of ether oxygens (including phenoxy) is 2. The highest BCUT2D eigenvalue weighted by molar-refractivity contribution is 5.95. The Kier molecular flexibility index (Phi) is 9.33. The molecule has 1 atom stereocenters. The van der Waals surface area contributed by atoms with E-state index in [9.17, 15) is 4.79 Å². The quantitative estimate of drug-likeness (QED) is 0.410. The van der Waals surface area contributed by atoms with E-state index in [-0.39, 0.29) is 11.9 Å². The van der Waals surface area contributed by atoms with Crippen molar-refractivity contribution >= 4 is 5.91 Å². The Bertz CT molecular complexity index is 1230. The van der Waals surface area contributed by atoms with Crippen LogP contribution in [-0.4, -0.2) is 60.7 Å². The van der Waals surface area contributed by atoms with Crippen molar-refractivity contribution in [3.05, 3.63) is 101 Å². The lowest BCUT2D eigenvalue weighted by Crippen LogP contribution is -2.44. The molecule has 2 bridgehead atoms. The first-order chi connectivity index (χ1) is 19.1. The third-order valence-corrected chi connectivity index (χ3v) is 8.02. The summed E-state index contributed by atoms with van der Waals surface area (Å²) < 4.78 is 12.1. The Morgan fingerprint density at radius 3 is 2.59 bits per heavy atom. The number of nitrogens with zero attached hydrogens (tertiary/aromatic N) is 2. The second-order valence-corrected chi connectivity index (χ2v) is 11.2. The van der Waals surface area contributed by atoms with E-state index in [4.69, 9.17) is 9.47 Å². The molecule has 0 radical (unpaired) electrons. The average molecular weight is 527 g/mol. The summed E-state index contributed by atoms with van der Waals surface area (Å²) in [5.74, 6) is 0.961. The summed E-state index contributed by atoms with van der Waals surface area (Å²) in [7, 11) is 0. The van der Waals surface area contributed by atoms with Crippen LogP contribution in [0.25, 0.3) is 0 Å². The summed E-state index contributed by atoms with van der Waals surface area (Å²) in [6, 6.07) is 26.0. The molecule has 2 aliphatic rings. The van der Waals surface area contributed by atoms with Gasteiger partial charge in [0, 0.05) is 43.7 Å². The molecule has 0 aliphatic carbocycles. The van der Waals surface area contributed by atoms with E-state index >= 15 is 0 Å². The minimum Gasteiger partial charge on any atom is -0.491 e. The molecule has 3 aromatic carbocycles. The highest BCUT2D eigenvalue weighted by Crippen LogP contribution is 2.28. The van der Waals surface area contributed by atoms with Crippen LogP contribution >= 0.6 is 0 Å². The van der Waals surface area contributed by atoms with Crippen LogP contribution in [-0.2, 0) is 24.1 Å². The summed E-state index contributed by atoms with van der Waals surface area (Å²) in [5, 5.41) is 0. The van der Waals surface area contributed by atoms with E-state index in [0.717, 1.165) is 62.2 Å². The zero-order valence-corrected chi connectivity index (χ0v) is 23.5. The van der Waals surface area contributed by atoms with Crippen LogP contribution in [0.1, 0.15) is 65.7 Å². The fraction of sp³-hybridized carbons (Fsp3) is 0.441. The van der Waals surface area contributed by atoms with Crippen LogP contribution in [0.5, 0.6) is 5.75 Å². The Hall–Kier alpha value is -3.15. The standard InChI is InChI=1S/C34H42N2O3/c1-26(2)35-17-18-38-19-20-39-33-15-14-30(24-31(33)22-28-11-8-12-29(21-28)25-35)34(37)36-16-7-6-13-32(36)23-27-9-4-3-5-10-27/h3-5,8-12,14-15,21,24,26,32H,6-7,13,16-20,22-23,25H2,1-2H3. The third-order valence-electron chi connectivity index (χ3n) is 8.02. The van der Waals surface area contributed by atoms with Gasteiger partial charge in [0.2, 0.25) is 0 Å². The van der Waals surface area contributed by atoms with Crippen molar-refractivity contribution in [1.82, 2.24) is 9.80 Å². The van der Waals surface area contributed by atoms with E-state index in [0.29, 0.717) is 25.9 Å². The molecule has 1 unspecified atom stereocenters. The molecule has 5 rings (SSSR count). The number of carbonyl (C=O) groups is 1. The minimum atomic E-state index is 0.127. The molecule has 3 aromatic rings. The lowest BCUT2D eigenvalue weighted by atomic mass is 9.94. The second-order valence-electron chi connectivity index (χ2n) is 11.2. The van der Waals surface area contributed by atoms with Crippen molar-refractivity contribution in [1.29, 1.82) is 0 Å². The Balaban J connectivity index is 1.40. The van der Waals surface area contributed by atoms with Crippen LogP contribution in [0.4, 0.5) is 0 Å². The summed E-state index contributed by atoms with van der Waals surface area (Å²) in [6.07, 6.45) is 4.91. The van der Waals surface area contributed by atoms with Crippen LogP contribution in [0.15, 0.2) is 72.8 Å². The second kappa shape index (κ2) is 13.3. The van der Waals surface area contributed by atoms with Crippen LogP contribution in [0.2, 0.25) is 0 Å². The number of hydrogen-bond donors (Lipinski definition) is 0. The number of benzene rings is 3. The topological polar surface area (TPSA) is 42.0 Å². The van der Waals surface area contributed by atoms with Gasteiger partial charge in [-0.2, -0.15) is 0 Å². The summed E-state index contributed by atoms with van der Waals surface area (Å²) >= 11 is 0. The molecule has 0 spiro atoms. The fourth-order valence-corrected chi connectivity index (χ4v) is 5.83. The van der Waals surface area contributed by atoms with Gasteiger partial charge in [0.15, 0.2) is 0 Å². The summed E-state index contributed by atoms with van der Waals surface area (Å²) in [4.78, 5) is 18.4. The summed E-state index contributed by atoms with van der Waals surface area (Å²) in [6.45, 7) is 8.80. The monoisotopic (exact) mass is 526 g/mol. The normalized spacial score (nSPS) is 19.2. The predicted molar refractivity (Wildman–Crippen MR) is 156 cm³/mol. The molecule has 39 heavy (non-hydrogen) atoms. The van der Waals surface area contributed by atoms with Crippen molar-refractivity contribution in [3.8, 4) is 5.75 Å². The van der Waals surface area contributed by atoms with Gasteiger partial charge in [-0.15, -0.1) is 0 Å². The van der Waals surface area contributed by atoms with Crippen molar-refractivity contribution in [3.63, 3.8) is 0 Å². The molecule has 0 N–H and O–H groups in total. The predicted octanol–water partition coefficient (Wildman–Crippen LogP) is 6.13. The fourth-order valence-electron chi connectivity index (χ4n) is 5.83. The highest BCUT2D eigenvalue weighted by Gasteiger charge is 2.28. The Morgan fingerprint density at radius 2 is 1.74 bits per heavy atom. The first-order valence-electron chi connectivity index (χ1n) is 14.6. The van der Waals surface area contributed by atoms with Gasteiger partial charge in [0.25, 0.3) is 5.91 Å². The van der Waals surface area contributed by atoms with Gasteiger partial charge < -0.3 is 14.4 Å². The van der Waals surface area contributed by atoms with Crippen molar-refractivity contribution < 1.29 is 14.3 Å². The molecule has 206 valence electrons. The average Bonchev–Trinajstić information content (AvgIpc) is 2.95. The van der Waals surface area contributed by atoms with Gasteiger partial charge in [0.05, 0.1) is 13.2 Å². The first-order valence-corrected chi connectivity index (χ1v) is 14.6. The molecule has 5 nitrogen and oxygen atoms in total. The SMILES string of the molecule is CC(C)N1CCOCCOc2ccc(C(=O)N3CCCCC3Cc3ccccc3)cc2Cc2cccc(c2)C1. The van der Waals surface area contributed by atoms with Gasteiger partial charge in [0.1, 0.15) is 12.4 Å². The van der Waals surface area contributed by atoms with Crippen molar-refractivity contribution in [2.24, 2.45) is 0 Å². The van der Waals surface area contributed by atoms with Crippen LogP contribution < -0.4 is 4.74 Å². The number of rotatable bonds is 4. The Labute approximate surface area is 233 Å². The molecule has 1 fully saturated rings. The zero-order chi connectivity index (χ0) is 27.0. The van der Waals surface area contributed by atoms with E-state index in [2.05, 4.69) is 78.2 Å². The number of amides is 1. The largest absolute Gasteiger partial charge is 0.491 e. The van der Waals surface area contributed by atoms with E-state index in [1.54, 1.807) is 0 Å². The molecule has 2 heterocycles. The third kappa shape index (κ3) is 7.28. The minimum absolute atomic E-state index is 0.127. The Morgan fingerprint density at radius 1 is 0.897 bits per heavy atom. The maximum absolute atomic E-state index is 13.9. The molecule has 1 amide bonds. The molecule has 0 saturated carbocycles. The van der Waals surface area contributed by atoms with Crippen LogP contribution in [0, 0.1) is 0 Å². The molecular weight excluding hydrogens is 484 g/mol. The lowest BCUT2D eigenvalue weighted by molar-refractivity contribution is 0.0613. The van der Waals surface area contributed by atoms with Crippen LogP contribution in [0.3, 0.4) is 0 Å². The number of fused-ring (bicyclic) bond motifs is 3. The number of hydrogen-bond acceptors (Lipinski definition) is 4. The highest BCUT2D eigenvalue weighted by atomic mass is 16.5. The van der Waals surface area contributed by atoms with E-state index in [1.807, 2.05) is 18.2 Å². The molecular formula is C34H42N2O3. The van der Waals surface area contributed by atoms with E-state index < -0.39 is 0 Å². The first kappa shape index (κ1) is 27.4. The zero-order valence-electron chi connectivity index (χ0n) is 23.5. The molecule has 1 saturated heterocycles. The molecule has 0 aromatic heterocycles. The van der Waals surface area contributed by atoms with Gasteiger partial charge in [-0.1, -0.05) is 54.6 Å². The smallest absolute Gasteiger partial charge is 0.254 e. The van der Waals surface area contributed by atoms with Gasteiger partial charge in [-0.25, -0.2) is 0 Å².